The summed E-state index contributed by atoms with van der Waals surface area (Å²) in [7, 11) is 3.13. The molecule has 0 atom stereocenters. The first-order valence-electron chi connectivity index (χ1n) is 9.71. The number of fused-ring (bicyclic) bond motifs is 1. The molecule has 1 heterocycles. The summed E-state index contributed by atoms with van der Waals surface area (Å²) in [6.07, 6.45) is 3.50. The molecule has 0 unspecified atom stereocenters. The van der Waals surface area contributed by atoms with Gasteiger partial charge in [0.05, 0.1) is 30.8 Å². The normalized spacial score (nSPS) is 11.2. The third-order valence-electron chi connectivity index (χ3n) is 5.06. The zero-order valence-electron chi connectivity index (χ0n) is 17.4. The SMILES string of the molecule is COc1cccc(C=Cc2nc3ccccc3c(=O)n2-c2ccc(C)c(F)c2)c1OC. The number of halogens is 1. The summed E-state index contributed by atoms with van der Waals surface area (Å²) in [6.45, 7) is 1.68. The van der Waals surface area contributed by atoms with E-state index in [4.69, 9.17) is 9.47 Å². The van der Waals surface area contributed by atoms with Crippen molar-refractivity contribution in [2.45, 2.75) is 6.92 Å². The van der Waals surface area contributed by atoms with E-state index in [0.717, 1.165) is 5.56 Å². The van der Waals surface area contributed by atoms with E-state index in [2.05, 4.69) is 4.98 Å². The van der Waals surface area contributed by atoms with Crippen LogP contribution in [0.5, 0.6) is 11.5 Å². The van der Waals surface area contributed by atoms with Crippen LogP contribution in [0.1, 0.15) is 17.0 Å². The number of aryl methyl sites for hydroxylation is 1. The van der Waals surface area contributed by atoms with E-state index in [0.29, 0.717) is 39.5 Å². The number of rotatable bonds is 5. The number of aromatic nitrogens is 2. The lowest BCUT2D eigenvalue weighted by atomic mass is 10.1. The molecular formula is C25H21FN2O3. The Hall–Kier alpha value is -3.93. The summed E-state index contributed by atoms with van der Waals surface area (Å²) < 4.78 is 26.5. The lowest BCUT2D eigenvalue weighted by molar-refractivity contribution is 0.354. The van der Waals surface area contributed by atoms with Gasteiger partial charge in [-0.1, -0.05) is 30.3 Å². The first-order valence-corrected chi connectivity index (χ1v) is 9.71. The highest BCUT2D eigenvalue weighted by Crippen LogP contribution is 2.32. The Balaban J connectivity index is 1.94. The Labute approximate surface area is 179 Å². The highest BCUT2D eigenvalue weighted by molar-refractivity contribution is 5.80. The largest absolute Gasteiger partial charge is 0.493 e. The van der Waals surface area contributed by atoms with Gasteiger partial charge in [0.1, 0.15) is 11.6 Å². The van der Waals surface area contributed by atoms with Gasteiger partial charge in [0.15, 0.2) is 11.5 Å². The maximum Gasteiger partial charge on any atom is 0.266 e. The van der Waals surface area contributed by atoms with E-state index in [-0.39, 0.29) is 11.4 Å². The van der Waals surface area contributed by atoms with E-state index in [1.807, 2.05) is 18.2 Å². The van der Waals surface area contributed by atoms with Crippen molar-refractivity contribution in [3.8, 4) is 17.2 Å². The van der Waals surface area contributed by atoms with Gasteiger partial charge in [-0.2, -0.15) is 0 Å². The number of methoxy groups -OCH3 is 2. The van der Waals surface area contributed by atoms with Crippen LogP contribution in [0.15, 0.2) is 65.5 Å². The minimum absolute atomic E-state index is 0.272. The van der Waals surface area contributed by atoms with Crippen LogP contribution in [0, 0.1) is 12.7 Å². The van der Waals surface area contributed by atoms with Gasteiger partial charge in [-0.3, -0.25) is 9.36 Å². The minimum Gasteiger partial charge on any atom is -0.493 e. The van der Waals surface area contributed by atoms with Crippen LogP contribution >= 0.6 is 0 Å². The molecule has 1 aromatic heterocycles. The second kappa shape index (κ2) is 8.44. The fourth-order valence-electron chi connectivity index (χ4n) is 3.44. The van der Waals surface area contributed by atoms with Crippen LogP contribution in [0.3, 0.4) is 0 Å². The lowest BCUT2D eigenvalue weighted by Crippen LogP contribution is -2.22. The minimum atomic E-state index is -0.387. The third-order valence-corrected chi connectivity index (χ3v) is 5.06. The Morgan fingerprint density at radius 2 is 1.77 bits per heavy atom. The zero-order valence-corrected chi connectivity index (χ0v) is 17.4. The number of para-hydroxylation sites is 2. The number of nitrogens with zero attached hydrogens (tertiary/aromatic N) is 2. The average molecular weight is 416 g/mol. The molecule has 0 N–H and O–H groups in total. The van der Waals surface area contributed by atoms with Crippen molar-refractivity contribution in [1.29, 1.82) is 0 Å². The van der Waals surface area contributed by atoms with E-state index >= 15 is 0 Å². The third kappa shape index (κ3) is 3.80. The van der Waals surface area contributed by atoms with Gasteiger partial charge in [-0.15, -0.1) is 0 Å². The molecule has 0 saturated carbocycles. The monoisotopic (exact) mass is 416 g/mol. The highest BCUT2D eigenvalue weighted by atomic mass is 19.1. The molecule has 0 aliphatic rings. The van der Waals surface area contributed by atoms with Gasteiger partial charge in [0, 0.05) is 5.56 Å². The van der Waals surface area contributed by atoms with Crippen molar-refractivity contribution >= 4 is 23.1 Å². The van der Waals surface area contributed by atoms with Crippen molar-refractivity contribution in [3.63, 3.8) is 0 Å². The summed E-state index contributed by atoms with van der Waals surface area (Å²) >= 11 is 0. The standard InChI is InChI=1S/C25H21FN2O3/c1-16-11-13-18(15-20(16)26)28-23(27-21-9-5-4-8-19(21)25(28)29)14-12-17-7-6-10-22(30-2)24(17)31-3/h4-15H,1-3H3. The van der Waals surface area contributed by atoms with Crippen LogP contribution in [0.2, 0.25) is 0 Å². The van der Waals surface area contributed by atoms with E-state index in [1.165, 1.54) is 10.6 Å². The molecule has 0 amide bonds. The quantitative estimate of drug-likeness (QED) is 0.458. The molecule has 0 fully saturated rings. The van der Waals surface area contributed by atoms with Gasteiger partial charge in [-0.05, 0) is 55.0 Å². The molecule has 6 heteroatoms. The molecule has 5 nitrogen and oxygen atoms in total. The van der Waals surface area contributed by atoms with Gasteiger partial charge in [0.25, 0.3) is 5.56 Å². The van der Waals surface area contributed by atoms with Crippen molar-refractivity contribution in [2.75, 3.05) is 14.2 Å². The van der Waals surface area contributed by atoms with Crippen molar-refractivity contribution in [3.05, 3.63) is 93.8 Å². The van der Waals surface area contributed by atoms with Crippen LogP contribution < -0.4 is 15.0 Å². The first kappa shape index (κ1) is 20.3. The molecule has 0 aliphatic heterocycles. The van der Waals surface area contributed by atoms with Gasteiger partial charge in [-0.25, -0.2) is 9.37 Å². The topological polar surface area (TPSA) is 53.3 Å². The van der Waals surface area contributed by atoms with Crippen molar-refractivity contribution < 1.29 is 13.9 Å². The van der Waals surface area contributed by atoms with Crippen molar-refractivity contribution in [2.24, 2.45) is 0 Å². The fourth-order valence-corrected chi connectivity index (χ4v) is 3.44. The Morgan fingerprint density at radius 3 is 2.52 bits per heavy atom. The second-order valence-electron chi connectivity index (χ2n) is 6.98. The predicted octanol–water partition coefficient (Wildman–Crippen LogP) is 5.02. The number of benzene rings is 3. The summed E-state index contributed by atoms with van der Waals surface area (Å²) in [5.41, 5.74) is 1.96. The molecule has 4 rings (SSSR count). The lowest BCUT2D eigenvalue weighted by Gasteiger charge is -2.13. The highest BCUT2D eigenvalue weighted by Gasteiger charge is 2.13. The predicted molar refractivity (Wildman–Crippen MR) is 121 cm³/mol. The smallest absolute Gasteiger partial charge is 0.266 e. The summed E-state index contributed by atoms with van der Waals surface area (Å²) in [5, 5.41) is 0.458. The second-order valence-corrected chi connectivity index (χ2v) is 6.98. The number of hydrogen-bond donors (Lipinski definition) is 0. The van der Waals surface area contributed by atoms with Crippen molar-refractivity contribution in [1.82, 2.24) is 9.55 Å². The molecule has 0 spiro atoms. The fraction of sp³-hybridized carbons (Fsp3) is 0.120. The molecule has 4 aromatic rings. The zero-order chi connectivity index (χ0) is 22.0. The number of ether oxygens (including phenoxy) is 2. The number of hydrogen-bond acceptors (Lipinski definition) is 4. The molecular weight excluding hydrogens is 395 g/mol. The van der Waals surface area contributed by atoms with Crippen LogP contribution in [0.25, 0.3) is 28.7 Å². The average Bonchev–Trinajstić information content (AvgIpc) is 2.79. The Kier molecular flexibility index (Phi) is 5.54. The Morgan fingerprint density at radius 1 is 0.968 bits per heavy atom. The van der Waals surface area contributed by atoms with Gasteiger partial charge < -0.3 is 9.47 Å². The maximum atomic E-state index is 14.3. The Bertz CT molecular complexity index is 1360. The first-order chi connectivity index (χ1) is 15.0. The van der Waals surface area contributed by atoms with Crippen LogP contribution in [0.4, 0.5) is 4.39 Å². The maximum absolute atomic E-state index is 14.3. The van der Waals surface area contributed by atoms with E-state index in [1.54, 1.807) is 69.7 Å². The molecule has 0 saturated heterocycles. The summed E-state index contributed by atoms with van der Waals surface area (Å²) in [6, 6.07) is 17.3. The molecule has 31 heavy (non-hydrogen) atoms. The molecule has 0 aliphatic carbocycles. The molecule has 0 bridgehead atoms. The van der Waals surface area contributed by atoms with E-state index in [9.17, 15) is 9.18 Å². The van der Waals surface area contributed by atoms with Crippen LogP contribution in [-0.4, -0.2) is 23.8 Å². The summed E-state index contributed by atoms with van der Waals surface area (Å²) in [4.78, 5) is 18.0. The molecule has 0 radical (unpaired) electrons. The van der Waals surface area contributed by atoms with Gasteiger partial charge >= 0.3 is 0 Å². The molecule has 156 valence electrons. The summed E-state index contributed by atoms with van der Waals surface area (Å²) in [5.74, 6) is 1.14. The van der Waals surface area contributed by atoms with Crippen LogP contribution in [-0.2, 0) is 0 Å². The molecule has 3 aromatic carbocycles. The van der Waals surface area contributed by atoms with Gasteiger partial charge in [0.2, 0.25) is 0 Å². The van der Waals surface area contributed by atoms with E-state index < -0.39 is 0 Å².